The topological polar surface area (TPSA) is 84.7 Å². The largest absolute Gasteiger partial charge is 0.480 e. The first kappa shape index (κ1) is 16.2. The number of hydrogen-bond donors (Lipinski definition) is 1. The third-order valence-electron chi connectivity index (χ3n) is 3.96. The van der Waals surface area contributed by atoms with Crippen molar-refractivity contribution in [3.05, 3.63) is 53.9 Å². The van der Waals surface area contributed by atoms with E-state index in [1.54, 1.807) is 10.9 Å². The minimum Gasteiger partial charge on any atom is -0.480 e. The molecule has 0 saturated carbocycles. The number of rotatable bonds is 5. The number of carbonyl (C=O) groups is 2. The number of morpholine rings is 1. The smallest absolute Gasteiger partial charge is 0.328 e. The van der Waals surface area contributed by atoms with Gasteiger partial charge in [0.05, 0.1) is 32.4 Å². The number of carboxylic acid groups (broad SMARTS) is 1. The van der Waals surface area contributed by atoms with Gasteiger partial charge >= 0.3 is 5.97 Å². The van der Waals surface area contributed by atoms with Crippen molar-refractivity contribution in [3.63, 3.8) is 0 Å². The highest BCUT2D eigenvalue weighted by Gasteiger charge is 2.32. The molecule has 1 saturated heterocycles. The van der Waals surface area contributed by atoms with Gasteiger partial charge in [-0.3, -0.25) is 9.48 Å². The predicted octanol–water partition coefficient (Wildman–Crippen LogP) is 0.786. The van der Waals surface area contributed by atoms with Crippen molar-refractivity contribution < 1.29 is 19.4 Å². The standard InChI is InChI=1S/C17H19N3O4/c21-16(20-6-7-24-12-15(20)17(22)23)8-14-9-18-19(11-14)10-13-4-2-1-3-5-13/h1-5,9,11,15H,6-8,10,12H2,(H,22,23). The first-order valence-electron chi connectivity index (χ1n) is 7.79. The molecule has 7 heteroatoms. The lowest BCUT2D eigenvalue weighted by Gasteiger charge is -2.32. The summed E-state index contributed by atoms with van der Waals surface area (Å²) in [7, 11) is 0. The molecule has 1 aliphatic rings. The van der Waals surface area contributed by atoms with Crippen LogP contribution in [0.5, 0.6) is 0 Å². The molecule has 1 unspecified atom stereocenters. The van der Waals surface area contributed by atoms with Gasteiger partial charge in [0.2, 0.25) is 5.91 Å². The van der Waals surface area contributed by atoms with Crippen LogP contribution in [-0.2, 0) is 27.3 Å². The first-order chi connectivity index (χ1) is 11.6. The van der Waals surface area contributed by atoms with E-state index in [-0.39, 0.29) is 18.9 Å². The molecule has 1 aromatic heterocycles. The van der Waals surface area contributed by atoms with E-state index < -0.39 is 12.0 Å². The number of amides is 1. The average Bonchev–Trinajstić information content (AvgIpc) is 3.02. The van der Waals surface area contributed by atoms with Gasteiger partial charge in [0.25, 0.3) is 0 Å². The van der Waals surface area contributed by atoms with Crippen LogP contribution in [0, 0.1) is 0 Å². The molecule has 1 N–H and O–H groups in total. The van der Waals surface area contributed by atoms with E-state index >= 15 is 0 Å². The Bertz CT molecular complexity index is 714. The zero-order valence-electron chi connectivity index (χ0n) is 13.2. The van der Waals surface area contributed by atoms with Crippen molar-refractivity contribution in [1.82, 2.24) is 14.7 Å². The molecule has 126 valence electrons. The molecular weight excluding hydrogens is 310 g/mol. The van der Waals surface area contributed by atoms with Crippen molar-refractivity contribution in [1.29, 1.82) is 0 Å². The van der Waals surface area contributed by atoms with Crippen LogP contribution < -0.4 is 0 Å². The summed E-state index contributed by atoms with van der Waals surface area (Å²) in [6.45, 7) is 1.33. The van der Waals surface area contributed by atoms with Gasteiger partial charge in [-0.25, -0.2) is 4.79 Å². The first-order valence-corrected chi connectivity index (χ1v) is 7.79. The molecule has 0 bridgehead atoms. The summed E-state index contributed by atoms with van der Waals surface area (Å²) >= 11 is 0. The number of carbonyl (C=O) groups excluding carboxylic acids is 1. The maximum Gasteiger partial charge on any atom is 0.328 e. The summed E-state index contributed by atoms with van der Waals surface area (Å²) in [6, 6.07) is 9.00. The fraction of sp³-hybridized carbons (Fsp3) is 0.353. The van der Waals surface area contributed by atoms with Crippen LogP contribution in [0.15, 0.2) is 42.7 Å². The minimum absolute atomic E-state index is 0.0361. The maximum absolute atomic E-state index is 12.4. The number of hydrogen-bond acceptors (Lipinski definition) is 4. The Morgan fingerprint density at radius 1 is 1.25 bits per heavy atom. The highest BCUT2D eigenvalue weighted by atomic mass is 16.5. The van der Waals surface area contributed by atoms with Crippen molar-refractivity contribution >= 4 is 11.9 Å². The lowest BCUT2D eigenvalue weighted by atomic mass is 10.1. The van der Waals surface area contributed by atoms with Crippen molar-refractivity contribution in [2.75, 3.05) is 19.8 Å². The minimum atomic E-state index is -1.04. The van der Waals surface area contributed by atoms with E-state index in [9.17, 15) is 14.7 Å². The van der Waals surface area contributed by atoms with Gasteiger partial charge in [0.1, 0.15) is 0 Å². The second-order valence-corrected chi connectivity index (χ2v) is 5.72. The number of benzene rings is 1. The molecule has 7 nitrogen and oxygen atoms in total. The summed E-state index contributed by atoms with van der Waals surface area (Å²) < 4.78 is 6.92. The molecule has 0 spiro atoms. The summed E-state index contributed by atoms with van der Waals surface area (Å²) in [5.41, 5.74) is 1.89. The number of ether oxygens (including phenoxy) is 1. The van der Waals surface area contributed by atoms with E-state index in [2.05, 4.69) is 5.10 Å². The zero-order valence-corrected chi connectivity index (χ0v) is 13.2. The molecule has 1 aromatic carbocycles. The van der Waals surface area contributed by atoms with Gasteiger partial charge in [0, 0.05) is 12.7 Å². The average molecular weight is 329 g/mol. The van der Waals surface area contributed by atoms with Gasteiger partial charge < -0.3 is 14.7 Å². The number of aromatic nitrogens is 2. The molecule has 0 radical (unpaired) electrons. The van der Waals surface area contributed by atoms with Crippen LogP contribution in [0.3, 0.4) is 0 Å². The van der Waals surface area contributed by atoms with Crippen LogP contribution in [0.1, 0.15) is 11.1 Å². The molecule has 24 heavy (non-hydrogen) atoms. The number of carboxylic acids is 1. The Labute approximate surface area is 139 Å². The van der Waals surface area contributed by atoms with Gasteiger partial charge in [-0.2, -0.15) is 5.10 Å². The number of aliphatic carboxylic acids is 1. The number of nitrogens with zero attached hydrogens (tertiary/aromatic N) is 3. The Balaban J connectivity index is 1.63. The fourth-order valence-corrected chi connectivity index (χ4v) is 2.74. The molecule has 1 amide bonds. The lowest BCUT2D eigenvalue weighted by molar-refractivity contribution is -0.158. The van der Waals surface area contributed by atoms with Crippen LogP contribution in [-0.4, -0.2) is 57.5 Å². The molecule has 3 rings (SSSR count). The second-order valence-electron chi connectivity index (χ2n) is 5.72. The molecule has 2 aromatic rings. The van der Waals surface area contributed by atoms with Crippen molar-refractivity contribution in [2.45, 2.75) is 19.0 Å². The Hall–Kier alpha value is -2.67. The lowest BCUT2D eigenvalue weighted by Crippen LogP contribution is -2.53. The van der Waals surface area contributed by atoms with E-state index in [0.29, 0.717) is 19.7 Å². The highest BCUT2D eigenvalue weighted by Crippen LogP contribution is 2.11. The summed E-state index contributed by atoms with van der Waals surface area (Å²) in [5, 5.41) is 13.5. The zero-order chi connectivity index (χ0) is 16.9. The van der Waals surface area contributed by atoms with Crippen LogP contribution in [0.2, 0.25) is 0 Å². The summed E-state index contributed by atoms with van der Waals surface area (Å²) in [6.07, 6.45) is 3.61. The Morgan fingerprint density at radius 2 is 2.04 bits per heavy atom. The summed E-state index contributed by atoms with van der Waals surface area (Å²) in [5.74, 6) is -1.26. The molecule has 1 aliphatic heterocycles. The third-order valence-corrected chi connectivity index (χ3v) is 3.96. The quantitative estimate of drug-likeness (QED) is 0.876. The summed E-state index contributed by atoms with van der Waals surface area (Å²) in [4.78, 5) is 25.0. The SMILES string of the molecule is O=C(O)C1COCCN1C(=O)Cc1cnn(Cc2ccccc2)c1. The van der Waals surface area contributed by atoms with E-state index in [4.69, 9.17) is 4.74 Å². The van der Waals surface area contributed by atoms with Crippen LogP contribution >= 0.6 is 0 Å². The molecule has 0 aliphatic carbocycles. The molecule has 1 fully saturated rings. The highest BCUT2D eigenvalue weighted by molar-refractivity contribution is 5.85. The van der Waals surface area contributed by atoms with Gasteiger partial charge in [-0.05, 0) is 11.1 Å². The van der Waals surface area contributed by atoms with Gasteiger partial charge in [-0.1, -0.05) is 30.3 Å². The van der Waals surface area contributed by atoms with Gasteiger partial charge in [-0.15, -0.1) is 0 Å². The molecular formula is C17H19N3O4. The van der Waals surface area contributed by atoms with Crippen LogP contribution in [0.25, 0.3) is 0 Å². The Morgan fingerprint density at radius 3 is 2.79 bits per heavy atom. The third kappa shape index (κ3) is 3.80. The van der Waals surface area contributed by atoms with Crippen molar-refractivity contribution in [3.8, 4) is 0 Å². The van der Waals surface area contributed by atoms with E-state index in [0.717, 1.165) is 11.1 Å². The van der Waals surface area contributed by atoms with E-state index in [1.165, 1.54) is 4.90 Å². The van der Waals surface area contributed by atoms with Gasteiger partial charge in [0.15, 0.2) is 6.04 Å². The predicted molar refractivity (Wildman–Crippen MR) is 85.4 cm³/mol. The van der Waals surface area contributed by atoms with E-state index in [1.807, 2.05) is 36.5 Å². The Kier molecular flexibility index (Phi) is 4.90. The van der Waals surface area contributed by atoms with Crippen molar-refractivity contribution in [2.24, 2.45) is 0 Å². The van der Waals surface area contributed by atoms with Crippen LogP contribution in [0.4, 0.5) is 0 Å². The fourth-order valence-electron chi connectivity index (χ4n) is 2.74. The maximum atomic E-state index is 12.4. The monoisotopic (exact) mass is 329 g/mol. The second kappa shape index (κ2) is 7.27. The normalized spacial score (nSPS) is 17.7. The molecule has 1 atom stereocenters. The molecule has 2 heterocycles.